The van der Waals surface area contributed by atoms with Gasteiger partial charge in [-0.2, -0.15) is 0 Å². The van der Waals surface area contributed by atoms with Crippen LogP contribution in [-0.4, -0.2) is 56.2 Å². The number of aromatic nitrogens is 4. The third kappa shape index (κ3) is 4.84. The highest BCUT2D eigenvalue weighted by atomic mass is 35.5. The molecule has 3 aromatic carbocycles. The molecule has 0 radical (unpaired) electrons. The molecule has 5 aromatic rings. The van der Waals surface area contributed by atoms with E-state index in [9.17, 15) is 9.59 Å². The molecule has 40 heavy (non-hydrogen) atoms. The lowest BCUT2D eigenvalue weighted by atomic mass is 10.1. The van der Waals surface area contributed by atoms with Crippen LogP contribution in [0.1, 0.15) is 28.9 Å². The number of nitrogens with zero attached hydrogens (tertiary/aromatic N) is 6. The van der Waals surface area contributed by atoms with E-state index in [1.807, 2.05) is 57.8 Å². The number of hydrogen-bond acceptors (Lipinski definition) is 5. The second-order valence-electron chi connectivity index (χ2n) is 10.4. The zero-order valence-electron chi connectivity index (χ0n) is 22.7. The van der Waals surface area contributed by atoms with Gasteiger partial charge in [-0.3, -0.25) is 18.6 Å². The van der Waals surface area contributed by atoms with Crippen molar-refractivity contribution in [1.29, 1.82) is 0 Å². The Labute approximate surface area is 237 Å². The van der Waals surface area contributed by atoms with E-state index in [0.717, 1.165) is 24.2 Å². The third-order valence-corrected chi connectivity index (χ3v) is 8.13. The summed E-state index contributed by atoms with van der Waals surface area (Å²) in [6, 6.07) is 21.4. The first-order chi connectivity index (χ1) is 19.4. The highest BCUT2D eigenvalue weighted by Crippen LogP contribution is 2.24. The van der Waals surface area contributed by atoms with Crippen molar-refractivity contribution in [3.05, 3.63) is 105 Å². The van der Waals surface area contributed by atoms with Crippen molar-refractivity contribution in [3.63, 3.8) is 0 Å². The molecule has 9 heteroatoms. The molecule has 0 saturated carbocycles. The van der Waals surface area contributed by atoms with E-state index in [1.165, 1.54) is 16.8 Å². The summed E-state index contributed by atoms with van der Waals surface area (Å²) in [4.78, 5) is 31.0. The van der Waals surface area contributed by atoms with Crippen LogP contribution in [0.25, 0.3) is 16.7 Å². The van der Waals surface area contributed by atoms with Gasteiger partial charge in [0.25, 0.3) is 5.56 Å². The number of halogens is 1. The van der Waals surface area contributed by atoms with Gasteiger partial charge in [-0.25, -0.2) is 0 Å². The third-order valence-electron chi connectivity index (χ3n) is 7.76. The molecule has 0 unspecified atom stereocenters. The summed E-state index contributed by atoms with van der Waals surface area (Å²) in [6.45, 7) is 7.50. The standard InChI is InChI=1S/C31H31ClN6O2/c1-21-11-12-22(2)27(19-21)35-15-17-36(18-16-35)29(39)14-13-28-33-34-31-37(20-23-7-3-5-9-25(23)32)30(40)24-8-4-6-10-26(24)38(28)31/h3-12,19H,13-18,20H2,1-2H3. The Bertz CT molecular complexity index is 1780. The second-order valence-corrected chi connectivity index (χ2v) is 10.8. The number of hydrogen-bond donors (Lipinski definition) is 0. The lowest BCUT2D eigenvalue weighted by Gasteiger charge is -2.37. The Hall–Kier alpha value is -4.17. The van der Waals surface area contributed by atoms with Gasteiger partial charge in [0, 0.05) is 49.7 Å². The Morgan fingerprint density at radius 2 is 1.68 bits per heavy atom. The molecule has 0 atom stereocenters. The molecule has 0 spiro atoms. The Balaban J connectivity index is 1.23. The van der Waals surface area contributed by atoms with Crippen LogP contribution >= 0.6 is 11.6 Å². The normalized spacial score (nSPS) is 13.9. The average molecular weight is 555 g/mol. The first-order valence-corrected chi connectivity index (χ1v) is 14.0. The van der Waals surface area contributed by atoms with Crippen LogP contribution in [0, 0.1) is 13.8 Å². The number of rotatable bonds is 6. The Morgan fingerprint density at radius 3 is 2.48 bits per heavy atom. The molecule has 6 rings (SSSR count). The van der Waals surface area contributed by atoms with Crippen LogP contribution < -0.4 is 10.5 Å². The van der Waals surface area contributed by atoms with Gasteiger partial charge in [-0.15, -0.1) is 10.2 Å². The van der Waals surface area contributed by atoms with Crippen molar-refractivity contribution in [2.24, 2.45) is 0 Å². The van der Waals surface area contributed by atoms with Gasteiger partial charge in [0.1, 0.15) is 5.82 Å². The molecule has 0 aliphatic carbocycles. The van der Waals surface area contributed by atoms with E-state index >= 15 is 0 Å². The largest absolute Gasteiger partial charge is 0.368 e. The number of aryl methyl sites for hydroxylation is 3. The van der Waals surface area contributed by atoms with Gasteiger partial charge in [0.05, 0.1) is 17.4 Å². The van der Waals surface area contributed by atoms with Gasteiger partial charge in [0.2, 0.25) is 11.7 Å². The molecule has 0 bridgehead atoms. The van der Waals surface area contributed by atoms with E-state index in [4.69, 9.17) is 11.6 Å². The predicted octanol–water partition coefficient (Wildman–Crippen LogP) is 4.64. The number of carbonyl (C=O) groups excluding carboxylic acids is 1. The summed E-state index contributed by atoms with van der Waals surface area (Å²) in [7, 11) is 0. The fourth-order valence-electron chi connectivity index (χ4n) is 5.55. The predicted molar refractivity (Wildman–Crippen MR) is 158 cm³/mol. The highest BCUT2D eigenvalue weighted by Gasteiger charge is 2.23. The van der Waals surface area contributed by atoms with E-state index in [-0.39, 0.29) is 18.0 Å². The van der Waals surface area contributed by atoms with Gasteiger partial charge < -0.3 is 9.80 Å². The number of amides is 1. The van der Waals surface area contributed by atoms with Crippen LogP contribution in [0.15, 0.2) is 71.5 Å². The van der Waals surface area contributed by atoms with Crippen LogP contribution in [0.5, 0.6) is 0 Å². The van der Waals surface area contributed by atoms with Crippen molar-refractivity contribution < 1.29 is 4.79 Å². The molecule has 0 N–H and O–H groups in total. The van der Waals surface area contributed by atoms with Gasteiger partial charge in [-0.05, 0) is 54.8 Å². The summed E-state index contributed by atoms with van der Waals surface area (Å²) < 4.78 is 3.51. The number of fused-ring (bicyclic) bond motifs is 3. The SMILES string of the molecule is Cc1ccc(C)c(N2CCN(C(=O)CCc3nnc4n(Cc5ccccc5Cl)c(=O)c5ccccc5n34)CC2)c1. The molecule has 1 saturated heterocycles. The van der Waals surface area contributed by atoms with Crippen molar-refractivity contribution in [3.8, 4) is 0 Å². The fraction of sp³-hybridized carbons (Fsp3) is 0.290. The van der Waals surface area contributed by atoms with Crippen molar-refractivity contribution in [2.45, 2.75) is 33.2 Å². The van der Waals surface area contributed by atoms with Crippen molar-refractivity contribution >= 4 is 39.9 Å². The summed E-state index contributed by atoms with van der Waals surface area (Å²) in [5.74, 6) is 1.20. The number of anilines is 1. The fourth-order valence-corrected chi connectivity index (χ4v) is 5.74. The van der Waals surface area contributed by atoms with Crippen molar-refractivity contribution in [2.75, 3.05) is 31.1 Å². The maximum absolute atomic E-state index is 13.5. The van der Waals surface area contributed by atoms with E-state index in [2.05, 4.69) is 47.1 Å². The van der Waals surface area contributed by atoms with E-state index in [1.54, 1.807) is 4.57 Å². The molecule has 1 fully saturated rings. The summed E-state index contributed by atoms with van der Waals surface area (Å²) >= 11 is 6.41. The van der Waals surface area contributed by atoms with E-state index in [0.29, 0.717) is 47.9 Å². The lowest BCUT2D eigenvalue weighted by Crippen LogP contribution is -2.49. The molecule has 1 amide bonds. The minimum absolute atomic E-state index is 0.103. The first-order valence-electron chi connectivity index (χ1n) is 13.6. The highest BCUT2D eigenvalue weighted by molar-refractivity contribution is 6.31. The second kappa shape index (κ2) is 10.8. The Morgan fingerprint density at radius 1 is 0.925 bits per heavy atom. The van der Waals surface area contributed by atoms with Crippen LogP contribution in [-0.2, 0) is 17.8 Å². The molecule has 2 aromatic heterocycles. The monoisotopic (exact) mass is 554 g/mol. The summed E-state index contributed by atoms with van der Waals surface area (Å²) in [6.07, 6.45) is 0.744. The zero-order valence-corrected chi connectivity index (χ0v) is 23.4. The zero-order chi connectivity index (χ0) is 27.8. The molecule has 1 aliphatic rings. The van der Waals surface area contributed by atoms with Gasteiger partial charge in [-0.1, -0.05) is 54.1 Å². The smallest absolute Gasteiger partial charge is 0.263 e. The minimum Gasteiger partial charge on any atom is -0.368 e. The average Bonchev–Trinajstić information content (AvgIpc) is 3.40. The number of benzene rings is 3. The number of piperazine rings is 1. The van der Waals surface area contributed by atoms with Gasteiger partial charge >= 0.3 is 0 Å². The Kier molecular flexibility index (Phi) is 7.02. The molecule has 3 heterocycles. The lowest BCUT2D eigenvalue weighted by molar-refractivity contribution is -0.131. The topological polar surface area (TPSA) is 75.7 Å². The van der Waals surface area contributed by atoms with E-state index < -0.39 is 0 Å². The van der Waals surface area contributed by atoms with Crippen LogP contribution in [0.3, 0.4) is 0 Å². The molecular formula is C31H31ClN6O2. The molecule has 204 valence electrons. The number of carbonyl (C=O) groups is 1. The maximum atomic E-state index is 13.5. The quantitative estimate of drug-likeness (QED) is 0.305. The summed E-state index contributed by atoms with van der Waals surface area (Å²) in [5.41, 5.74) is 5.14. The van der Waals surface area contributed by atoms with Crippen LogP contribution in [0.4, 0.5) is 5.69 Å². The first kappa shape index (κ1) is 26.1. The molecular weight excluding hydrogens is 524 g/mol. The molecule has 1 aliphatic heterocycles. The summed E-state index contributed by atoms with van der Waals surface area (Å²) in [5, 5.41) is 10.00. The molecule has 8 nitrogen and oxygen atoms in total. The van der Waals surface area contributed by atoms with Crippen molar-refractivity contribution in [1.82, 2.24) is 24.1 Å². The van der Waals surface area contributed by atoms with Gasteiger partial charge in [0.15, 0.2) is 0 Å². The number of para-hydroxylation sites is 1. The minimum atomic E-state index is -0.153. The maximum Gasteiger partial charge on any atom is 0.263 e. The van der Waals surface area contributed by atoms with Crippen LogP contribution in [0.2, 0.25) is 5.02 Å².